The third-order valence-corrected chi connectivity index (χ3v) is 5.91. The fraction of sp³-hybridized carbons (Fsp3) is 0.577. The molecular formula is C26H39N3O3. The van der Waals surface area contributed by atoms with Gasteiger partial charge in [-0.3, -0.25) is 4.98 Å². The molecule has 1 aromatic carbocycles. The number of aliphatic hydroxyl groups is 1. The lowest BCUT2D eigenvalue weighted by Gasteiger charge is -2.26. The fourth-order valence-corrected chi connectivity index (χ4v) is 4.16. The topological polar surface area (TPSA) is 66.8 Å². The number of nitrogens with one attached hydrogen (secondary N) is 1. The number of hydrogen-bond acceptors (Lipinski definition) is 6. The van der Waals surface area contributed by atoms with Crippen molar-refractivity contribution in [2.24, 2.45) is 0 Å². The van der Waals surface area contributed by atoms with Crippen molar-refractivity contribution in [1.82, 2.24) is 15.2 Å². The number of benzene rings is 1. The Morgan fingerprint density at radius 2 is 1.84 bits per heavy atom. The number of pyridine rings is 1. The molecule has 2 heterocycles. The predicted molar refractivity (Wildman–Crippen MR) is 128 cm³/mol. The molecule has 0 bridgehead atoms. The molecular weight excluding hydrogens is 402 g/mol. The van der Waals surface area contributed by atoms with E-state index < -0.39 is 6.10 Å². The minimum atomic E-state index is -0.511. The van der Waals surface area contributed by atoms with Gasteiger partial charge in [-0.15, -0.1) is 0 Å². The number of hydrogen-bond donors (Lipinski definition) is 2. The van der Waals surface area contributed by atoms with Crippen molar-refractivity contribution in [2.75, 3.05) is 39.9 Å². The van der Waals surface area contributed by atoms with E-state index in [4.69, 9.17) is 9.47 Å². The summed E-state index contributed by atoms with van der Waals surface area (Å²) < 4.78 is 11.4. The van der Waals surface area contributed by atoms with Crippen molar-refractivity contribution >= 4 is 0 Å². The number of rotatable bonds is 11. The molecule has 1 saturated heterocycles. The number of ether oxygens (including phenoxy) is 2. The number of aryl methyl sites for hydroxylation is 1. The molecule has 0 spiro atoms. The summed E-state index contributed by atoms with van der Waals surface area (Å²) >= 11 is 0. The van der Waals surface area contributed by atoms with E-state index in [-0.39, 0.29) is 6.61 Å². The van der Waals surface area contributed by atoms with Gasteiger partial charge in [0.2, 0.25) is 0 Å². The van der Waals surface area contributed by atoms with Crippen molar-refractivity contribution in [2.45, 2.75) is 58.1 Å². The summed E-state index contributed by atoms with van der Waals surface area (Å²) in [4.78, 5) is 6.91. The van der Waals surface area contributed by atoms with Crippen LogP contribution in [-0.2, 0) is 13.0 Å². The molecule has 1 aliphatic heterocycles. The minimum Gasteiger partial charge on any atom is -0.493 e. The van der Waals surface area contributed by atoms with E-state index in [0.717, 1.165) is 49.6 Å². The molecule has 2 aromatic rings. The Labute approximate surface area is 193 Å². The van der Waals surface area contributed by atoms with Gasteiger partial charge in [-0.2, -0.15) is 0 Å². The van der Waals surface area contributed by atoms with Gasteiger partial charge in [-0.1, -0.05) is 31.4 Å². The SMILES string of the molecule is COc1ccc(CNCCc2cccc(C)n2)cc1OCC(O)CN1CCCCCCC1. The molecule has 1 aromatic heterocycles. The van der Waals surface area contributed by atoms with Crippen LogP contribution in [-0.4, -0.2) is 61.0 Å². The second-order valence-electron chi connectivity index (χ2n) is 8.72. The second-order valence-corrected chi connectivity index (χ2v) is 8.72. The van der Waals surface area contributed by atoms with E-state index in [2.05, 4.69) is 21.3 Å². The first-order valence-electron chi connectivity index (χ1n) is 12.0. The second kappa shape index (κ2) is 13.4. The lowest BCUT2D eigenvalue weighted by atomic mass is 10.1. The summed E-state index contributed by atoms with van der Waals surface area (Å²) in [7, 11) is 1.64. The summed E-state index contributed by atoms with van der Waals surface area (Å²) in [6, 6.07) is 12.1. The summed E-state index contributed by atoms with van der Waals surface area (Å²) in [5.74, 6) is 1.37. The Kier molecular flexibility index (Phi) is 10.3. The van der Waals surface area contributed by atoms with Gasteiger partial charge in [0.15, 0.2) is 11.5 Å². The molecule has 3 rings (SSSR count). The number of β-amino-alcohol motifs (C(OH)–C–C–N with tert-alkyl or cyclic N) is 1. The van der Waals surface area contributed by atoms with Crippen LogP contribution in [0.15, 0.2) is 36.4 Å². The highest BCUT2D eigenvalue weighted by Crippen LogP contribution is 2.28. The molecule has 1 aliphatic rings. The maximum absolute atomic E-state index is 10.5. The molecule has 6 heteroatoms. The van der Waals surface area contributed by atoms with Crippen LogP contribution in [0.5, 0.6) is 11.5 Å². The van der Waals surface area contributed by atoms with E-state index >= 15 is 0 Å². The molecule has 0 radical (unpaired) electrons. The minimum absolute atomic E-state index is 0.267. The zero-order chi connectivity index (χ0) is 22.6. The number of nitrogens with zero attached hydrogens (tertiary/aromatic N) is 2. The number of aliphatic hydroxyl groups excluding tert-OH is 1. The van der Waals surface area contributed by atoms with Crippen LogP contribution in [0.2, 0.25) is 0 Å². The molecule has 1 fully saturated rings. The quantitative estimate of drug-likeness (QED) is 0.518. The first-order valence-corrected chi connectivity index (χ1v) is 12.0. The van der Waals surface area contributed by atoms with E-state index in [0.29, 0.717) is 18.0 Å². The number of likely N-dealkylation sites (tertiary alicyclic amines) is 1. The lowest BCUT2D eigenvalue weighted by molar-refractivity contribution is 0.0644. The van der Waals surface area contributed by atoms with Gasteiger partial charge in [0.05, 0.1) is 7.11 Å². The van der Waals surface area contributed by atoms with Crippen LogP contribution in [0, 0.1) is 6.92 Å². The summed E-state index contributed by atoms with van der Waals surface area (Å²) in [6.07, 6.45) is 6.75. The Balaban J connectivity index is 1.46. The maximum atomic E-state index is 10.5. The van der Waals surface area contributed by atoms with Crippen LogP contribution in [0.4, 0.5) is 0 Å². The molecule has 1 atom stereocenters. The molecule has 2 N–H and O–H groups in total. The van der Waals surface area contributed by atoms with Crippen molar-refractivity contribution < 1.29 is 14.6 Å². The zero-order valence-electron chi connectivity index (χ0n) is 19.7. The molecule has 1 unspecified atom stereocenters. The van der Waals surface area contributed by atoms with E-state index in [1.54, 1.807) is 7.11 Å². The number of aromatic nitrogens is 1. The smallest absolute Gasteiger partial charge is 0.161 e. The Morgan fingerprint density at radius 1 is 1.06 bits per heavy atom. The predicted octanol–water partition coefficient (Wildman–Crippen LogP) is 3.74. The molecule has 6 nitrogen and oxygen atoms in total. The van der Waals surface area contributed by atoms with Crippen molar-refractivity contribution in [3.05, 3.63) is 53.3 Å². The van der Waals surface area contributed by atoms with Crippen LogP contribution >= 0.6 is 0 Å². The van der Waals surface area contributed by atoms with Crippen molar-refractivity contribution in [1.29, 1.82) is 0 Å². The highest BCUT2D eigenvalue weighted by atomic mass is 16.5. The number of methoxy groups -OCH3 is 1. The Morgan fingerprint density at radius 3 is 2.59 bits per heavy atom. The average molecular weight is 442 g/mol. The Bertz CT molecular complexity index is 807. The van der Waals surface area contributed by atoms with Gasteiger partial charge in [0.1, 0.15) is 12.7 Å². The van der Waals surface area contributed by atoms with Crippen molar-refractivity contribution in [3.63, 3.8) is 0 Å². The van der Waals surface area contributed by atoms with Gasteiger partial charge in [-0.25, -0.2) is 0 Å². The lowest BCUT2D eigenvalue weighted by Crippen LogP contribution is -2.37. The largest absolute Gasteiger partial charge is 0.493 e. The van der Waals surface area contributed by atoms with Gasteiger partial charge < -0.3 is 24.8 Å². The summed E-state index contributed by atoms with van der Waals surface area (Å²) in [5, 5.41) is 14.0. The van der Waals surface area contributed by atoms with Crippen LogP contribution in [0.25, 0.3) is 0 Å². The highest BCUT2D eigenvalue weighted by Gasteiger charge is 2.15. The fourth-order valence-electron chi connectivity index (χ4n) is 4.16. The summed E-state index contributed by atoms with van der Waals surface area (Å²) in [5.41, 5.74) is 3.27. The van der Waals surface area contributed by atoms with E-state index in [1.165, 1.54) is 32.1 Å². The first-order chi connectivity index (χ1) is 15.6. The molecule has 0 amide bonds. The van der Waals surface area contributed by atoms with E-state index in [9.17, 15) is 5.11 Å². The molecule has 32 heavy (non-hydrogen) atoms. The van der Waals surface area contributed by atoms with E-state index in [1.807, 2.05) is 37.3 Å². The average Bonchev–Trinajstić information content (AvgIpc) is 2.77. The first kappa shape index (κ1) is 24.5. The van der Waals surface area contributed by atoms with Gasteiger partial charge in [-0.05, 0) is 62.7 Å². The summed E-state index contributed by atoms with van der Waals surface area (Å²) in [6.45, 7) is 6.68. The van der Waals surface area contributed by atoms with Gasteiger partial charge in [0, 0.05) is 37.4 Å². The van der Waals surface area contributed by atoms with Gasteiger partial charge >= 0.3 is 0 Å². The van der Waals surface area contributed by atoms with Crippen LogP contribution < -0.4 is 14.8 Å². The highest BCUT2D eigenvalue weighted by molar-refractivity contribution is 5.43. The van der Waals surface area contributed by atoms with Crippen molar-refractivity contribution in [3.8, 4) is 11.5 Å². The zero-order valence-corrected chi connectivity index (χ0v) is 19.7. The monoisotopic (exact) mass is 441 g/mol. The van der Waals surface area contributed by atoms with Gasteiger partial charge in [0.25, 0.3) is 0 Å². The maximum Gasteiger partial charge on any atom is 0.161 e. The van der Waals surface area contributed by atoms with Crippen LogP contribution in [0.3, 0.4) is 0 Å². The standard InChI is InChI=1S/C26H39N3O3/c1-21-9-8-10-23(28-21)13-14-27-18-22-11-12-25(31-2)26(17-22)32-20-24(30)19-29-15-6-4-3-5-7-16-29/h8-12,17,24,27,30H,3-7,13-16,18-20H2,1-2H3. The molecule has 0 saturated carbocycles. The molecule has 176 valence electrons. The van der Waals surface area contributed by atoms with Crippen LogP contribution in [0.1, 0.15) is 49.1 Å². The third kappa shape index (κ3) is 8.41. The molecule has 0 aliphatic carbocycles. The Hall–Kier alpha value is -2.15. The normalized spacial score (nSPS) is 16.2. The third-order valence-electron chi connectivity index (χ3n) is 5.91.